The highest BCUT2D eigenvalue weighted by atomic mass is 16.1. The monoisotopic (exact) mass is 245 g/mol. The number of hydrogen-bond acceptors (Lipinski definition) is 2. The van der Waals surface area contributed by atoms with Crippen molar-refractivity contribution in [3.8, 4) is 0 Å². The van der Waals surface area contributed by atoms with Crippen LogP contribution in [-0.4, -0.2) is 24.8 Å². The van der Waals surface area contributed by atoms with Gasteiger partial charge in [-0.25, -0.2) is 0 Å². The SMILES string of the molecule is CC(=O)CC(c1ccc2c(c1)CCCC2)N(C)C. The lowest BCUT2D eigenvalue weighted by molar-refractivity contribution is -0.118. The van der Waals surface area contributed by atoms with Gasteiger partial charge in [0.25, 0.3) is 0 Å². The van der Waals surface area contributed by atoms with Gasteiger partial charge in [0, 0.05) is 12.5 Å². The van der Waals surface area contributed by atoms with Crippen LogP contribution >= 0.6 is 0 Å². The highest BCUT2D eigenvalue weighted by molar-refractivity contribution is 5.76. The third kappa shape index (κ3) is 2.99. The Morgan fingerprint density at radius 1 is 1.22 bits per heavy atom. The van der Waals surface area contributed by atoms with Gasteiger partial charge in [-0.1, -0.05) is 18.2 Å². The number of benzene rings is 1. The van der Waals surface area contributed by atoms with Gasteiger partial charge < -0.3 is 4.90 Å². The number of carbonyl (C=O) groups excluding carboxylic acids is 1. The number of rotatable bonds is 4. The van der Waals surface area contributed by atoms with Gasteiger partial charge in [-0.2, -0.15) is 0 Å². The van der Waals surface area contributed by atoms with Crippen molar-refractivity contribution >= 4 is 5.78 Å². The van der Waals surface area contributed by atoms with Crippen molar-refractivity contribution in [3.05, 3.63) is 34.9 Å². The van der Waals surface area contributed by atoms with Crippen LogP contribution in [0.15, 0.2) is 18.2 Å². The van der Waals surface area contributed by atoms with Gasteiger partial charge in [-0.05, 0) is 63.4 Å². The molecular weight excluding hydrogens is 222 g/mol. The zero-order valence-electron chi connectivity index (χ0n) is 11.7. The number of hydrogen-bond donors (Lipinski definition) is 0. The first-order valence-corrected chi connectivity index (χ1v) is 6.85. The minimum Gasteiger partial charge on any atom is -0.302 e. The fourth-order valence-electron chi connectivity index (χ4n) is 2.83. The highest BCUT2D eigenvalue weighted by Gasteiger charge is 2.18. The van der Waals surface area contributed by atoms with Crippen LogP contribution < -0.4 is 0 Å². The van der Waals surface area contributed by atoms with Crippen molar-refractivity contribution in [2.75, 3.05) is 14.1 Å². The molecule has 2 nitrogen and oxygen atoms in total. The number of Topliss-reactive ketones (excluding diaryl/α,β-unsaturated/α-hetero) is 1. The second-order valence-electron chi connectivity index (χ2n) is 5.62. The molecule has 0 radical (unpaired) electrons. The van der Waals surface area contributed by atoms with E-state index in [9.17, 15) is 4.79 Å². The lowest BCUT2D eigenvalue weighted by Gasteiger charge is -2.26. The third-order valence-electron chi connectivity index (χ3n) is 3.86. The van der Waals surface area contributed by atoms with E-state index < -0.39 is 0 Å². The molecule has 1 aromatic carbocycles. The molecule has 0 bridgehead atoms. The van der Waals surface area contributed by atoms with Crippen LogP contribution in [-0.2, 0) is 17.6 Å². The number of ketones is 1. The van der Waals surface area contributed by atoms with Gasteiger partial charge in [0.1, 0.15) is 5.78 Å². The molecule has 2 heteroatoms. The Labute approximate surface area is 110 Å². The molecule has 0 saturated heterocycles. The first kappa shape index (κ1) is 13.3. The van der Waals surface area contributed by atoms with Gasteiger partial charge in [-0.3, -0.25) is 4.79 Å². The molecular formula is C16H23NO. The van der Waals surface area contributed by atoms with E-state index in [1.54, 1.807) is 6.92 Å². The van der Waals surface area contributed by atoms with Gasteiger partial charge >= 0.3 is 0 Å². The molecule has 0 heterocycles. The van der Waals surface area contributed by atoms with E-state index in [1.165, 1.54) is 42.4 Å². The average Bonchev–Trinajstić information content (AvgIpc) is 2.35. The molecule has 1 aromatic rings. The number of fused-ring (bicyclic) bond motifs is 1. The van der Waals surface area contributed by atoms with Crippen molar-refractivity contribution in [2.24, 2.45) is 0 Å². The molecule has 0 fully saturated rings. The van der Waals surface area contributed by atoms with E-state index in [2.05, 4.69) is 23.1 Å². The molecule has 98 valence electrons. The third-order valence-corrected chi connectivity index (χ3v) is 3.86. The molecule has 1 aliphatic rings. The number of nitrogens with zero attached hydrogens (tertiary/aromatic N) is 1. The molecule has 0 spiro atoms. The van der Waals surface area contributed by atoms with Gasteiger partial charge in [0.05, 0.1) is 0 Å². The normalized spacial score (nSPS) is 16.4. The van der Waals surface area contributed by atoms with Gasteiger partial charge in [0.2, 0.25) is 0 Å². The molecule has 0 saturated carbocycles. The minimum absolute atomic E-state index is 0.217. The Kier molecular flexibility index (Phi) is 4.18. The maximum absolute atomic E-state index is 11.4. The van der Waals surface area contributed by atoms with E-state index in [1.807, 2.05) is 14.1 Å². The van der Waals surface area contributed by atoms with Crippen LogP contribution in [0.25, 0.3) is 0 Å². The van der Waals surface area contributed by atoms with E-state index >= 15 is 0 Å². The van der Waals surface area contributed by atoms with Crippen molar-refractivity contribution in [2.45, 2.75) is 45.1 Å². The largest absolute Gasteiger partial charge is 0.302 e. The van der Waals surface area contributed by atoms with Crippen LogP contribution in [0, 0.1) is 0 Å². The van der Waals surface area contributed by atoms with E-state index in [-0.39, 0.29) is 11.8 Å². The maximum atomic E-state index is 11.4. The molecule has 18 heavy (non-hydrogen) atoms. The molecule has 2 rings (SSSR count). The zero-order chi connectivity index (χ0) is 13.1. The Morgan fingerprint density at radius 2 is 1.89 bits per heavy atom. The predicted octanol–water partition coefficient (Wildman–Crippen LogP) is 3.15. The van der Waals surface area contributed by atoms with Crippen LogP contribution in [0.4, 0.5) is 0 Å². The first-order chi connectivity index (χ1) is 8.58. The summed E-state index contributed by atoms with van der Waals surface area (Å²) in [5, 5.41) is 0. The Balaban J connectivity index is 2.27. The lowest BCUT2D eigenvalue weighted by Crippen LogP contribution is -2.22. The van der Waals surface area contributed by atoms with Crippen LogP contribution in [0.2, 0.25) is 0 Å². The number of carbonyl (C=O) groups is 1. The average molecular weight is 245 g/mol. The Bertz CT molecular complexity index is 437. The predicted molar refractivity (Wildman–Crippen MR) is 74.8 cm³/mol. The summed E-state index contributed by atoms with van der Waals surface area (Å²) in [6.45, 7) is 1.68. The Hall–Kier alpha value is -1.15. The summed E-state index contributed by atoms with van der Waals surface area (Å²) in [5.41, 5.74) is 4.29. The summed E-state index contributed by atoms with van der Waals surface area (Å²) in [7, 11) is 4.10. The zero-order valence-corrected chi connectivity index (χ0v) is 11.7. The summed E-state index contributed by atoms with van der Waals surface area (Å²) in [4.78, 5) is 13.5. The quantitative estimate of drug-likeness (QED) is 0.812. The van der Waals surface area contributed by atoms with Crippen LogP contribution in [0.3, 0.4) is 0 Å². The topological polar surface area (TPSA) is 20.3 Å². The molecule has 0 amide bonds. The first-order valence-electron chi connectivity index (χ1n) is 6.85. The smallest absolute Gasteiger partial charge is 0.131 e. The Morgan fingerprint density at radius 3 is 2.50 bits per heavy atom. The van der Waals surface area contributed by atoms with Gasteiger partial charge in [-0.15, -0.1) is 0 Å². The summed E-state index contributed by atoms with van der Waals surface area (Å²) in [6, 6.07) is 7.01. The van der Waals surface area contributed by atoms with Crippen molar-refractivity contribution in [3.63, 3.8) is 0 Å². The molecule has 1 unspecified atom stereocenters. The molecule has 0 aromatic heterocycles. The summed E-state index contributed by atoms with van der Waals surface area (Å²) in [5.74, 6) is 0.256. The van der Waals surface area contributed by atoms with Gasteiger partial charge in [0.15, 0.2) is 0 Å². The highest BCUT2D eigenvalue weighted by Crippen LogP contribution is 2.28. The molecule has 1 atom stereocenters. The lowest BCUT2D eigenvalue weighted by atomic mass is 9.88. The van der Waals surface area contributed by atoms with Crippen LogP contribution in [0.5, 0.6) is 0 Å². The standard InChI is InChI=1S/C16H23NO/c1-12(18)10-16(17(2)3)15-9-8-13-6-4-5-7-14(13)11-15/h8-9,11,16H,4-7,10H2,1-3H3. The summed E-state index contributed by atoms with van der Waals surface area (Å²) < 4.78 is 0. The summed E-state index contributed by atoms with van der Waals surface area (Å²) in [6.07, 6.45) is 5.64. The summed E-state index contributed by atoms with van der Waals surface area (Å²) >= 11 is 0. The number of aryl methyl sites for hydroxylation is 2. The minimum atomic E-state index is 0.217. The second-order valence-corrected chi connectivity index (χ2v) is 5.62. The molecule has 1 aliphatic carbocycles. The maximum Gasteiger partial charge on any atom is 0.131 e. The molecule has 0 aliphatic heterocycles. The molecule has 0 N–H and O–H groups in total. The van der Waals surface area contributed by atoms with E-state index in [4.69, 9.17) is 0 Å². The van der Waals surface area contributed by atoms with Crippen LogP contribution in [0.1, 0.15) is 48.9 Å². The van der Waals surface area contributed by atoms with Crippen molar-refractivity contribution in [1.82, 2.24) is 4.90 Å². The van der Waals surface area contributed by atoms with E-state index in [0.717, 1.165) is 0 Å². The second kappa shape index (κ2) is 5.66. The van der Waals surface area contributed by atoms with Crippen molar-refractivity contribution in [1.29, 1.82) is 0 Å². The van der Waals surface area contributed by atoms with E-state index in [0.29, 0.717) is 6.42 Å². The fraction of sp³-hybridized carbons (Fsp3) is 0.562. The fourth-order valence-corrected chi connectivity index (χ4v) is 2.83. The van der Waals surface area contributed by atoms with Crippen molar-refractivity contribution < 1.29 is 4.79 Å².